The first-order valence-corrected chi connectivity index (χ1v) is 4.99. The maximum Gasteiger partial charge on any atom is 0.306 e. The maximum atomic E-state index is 11.0. The lowest BCUT2D eigenvalue weighted by molar-refractivity contribution is -0.152. The van der Waals surface area contributed by atoms with Crippen molar-refractivity contribution in [2.45, 2.75) is 50.2 Å². The number of methoxy groups -OCH3 is 1. The molecule has 0 aromatic carbocycles. The largest absolute Gasteiger partial charge is 0.459 e. The average molecular weight is 184 g/mol. The van der Waals surface area contributed by atoms with Crippen LogP contribution in [0.15, 0.2) is 0 Å². The van der Waals surface area contributed by atoms with E-state index in [1.807, 2.05) is 0 Å². The van der Waals surface area contributed by atoms with Crippen LogP contribution in [0.5, 0.6) is 0 Å². The van der Waals surface area contributed by atoms with Gasteiger partial charge in [0, 0.05) is 13.5 Å². The standard InChI is InChI=1S/C10H16O3/c1-12-8-2-5-10(6-3-8)7-4-9(11)13-10/h8H,2-7H2,1H3. The summed E-state index contributed by atoms with van der Waals surface area (Å²) in [6.07, 6.45) is 5.94. The van der Waals surface area contributed by atoms with Gasteiger partial charge in [-0.25, -0.2) is 0 Å². The van der Waals surface area contributed by atoms with Crippen molar-refractivity contribution in [3.05, 3.63) is 0 Å². The molecule has 2 aliphatic rings. The first kappa shape index (κ1) is 9.00. The van der Waals surface area contributed by atoms with Gasteiger partial charge >= 0.3 is 5.97 Å². The highest BCUT2D eigenvalue weighted by Gasteiger charge is 2.42. The van der Waals surface area contributed by atoms with E-state index in [2.05, 4.69) is 0 Å². The molecule has 1 aliphatic heterocycles. The van der Waals surface area contributed by atoms with Crippen molar-refractivity contribution < 1.29 is 14.3 Å². The van der Waals surface area contributed by atoms with E-state index >= 15 is 0 Å². The minimum absolute atomic E-state index is 0.0177. The predicted octanol–water partition coefficient (Wildman–Crippen LogP) is 1.65. The average Bonchev–Trinajstić information content (AvgIpc) is 2.49. The number of rotatable bonds is 1. The van der Waals surface area contributed by atoms with Crippen LogP contribution >= 0.6 is 0 Å². The lowest BCUT2D eigenvalue weighted by Crippen LogP contribution is -2.36. The molecular formula is C10H16O3. The number of esters is 1. The summed E-state index contributed by atoms with van der Waals surface area (Å²) in [5.74, 6) is -0.0177. The fraction of sp³-hybridized carbons (Fsp3) is 0.900. The summed E-state index contributed by atoms with van der Waals surface area (Å²) >= 11 is 0. The monoisotopic (exact) mass is 184 g/mol. The van der Waals surface area contributed by atoms with Gasteiger partial charge in [-0.05, 0) is 32.1 Å². The van der Waals surface area contributed by atoms with Gasteiger partial charge in [-0.15, -0.1) is 0 Å². The molecule has 0 radical (unpaired) electrons. The van der Waals surface area contributed by atoms with Crippen LogP contribution in [0.1, 0.15) is 38.5 Å². The van der Waals surface area contributed by atoms with Crippen molar-refractivity contribution in [1.29, 1.82) is 0 Å². The van der Waals surface area contributed by atoms with Gasteiger partial charge in [0.1, 0.15) is 5.60 Å². The van der Waals surface area contributed by atoms with Gasteiger partial charge in [0.2, 0.25) is 0 Å². The van der Waals surface area contributed by atoms with Crippen LogP contribution < -0.4 is 0 Å². The molecule has 0 N–H and O–H groups in total. The smallest absolute Gasteiger partial charge is 0.306 e. The normalized spacial score (nSPS) is 39.5. The lowest BCUT2D eigenvalue weighted by atomic mass is 9.81. The van der Waals surface area contributed by atoms with Gasteiger partial charge in [-0.2, -0.15) is 0 Å². The highest BCUT2D eigenvalue weighted by atomic mass is 16.6. The maximum absolute atomic E-state index is 11.0. The number of ether oxygens (including phenoxy) is 2. The second kappa shape index (κ2) is 3.29. The molecule has 2 fully saturated rings. The Bertz CT molecular complexity index is 204. The summed E-state index contributed by atoms with van der Waals surface area (Å²) in [6, 6.07) is 0. The van der Waals surface area contributed by atoms with Crippen molar-refractivity contribution in [1.82, 2.24) is 0 Å². The molecule has 2 rings (SSSR count). The Morgan fingerprint density at radius 1 is 1.38 bits per heavy atom. The van der Waals surface area contributed by atoms with Gasteiger partial charge in [-0.1, -0.05) is 0 Å². The molecule has 0 unspecified atom stereocenters. The van der Waals surface area contributed by atoms with Crippen LogP contribution in [0.4, 0.5) is 0 Å². The van der Waals surface area contributed by atoms with E-state index in [0.29, 0.717) is 12.5 Å². The van der Waals surface area contributed by atoms with E-state index in [0.717, 1.165) is 32.1 Å². The van der Waals surface area contributed by atoms with Gasteiger partial charge < -0.3 is 9.47 Å². The number of carbonyl (C=O) groups excluding carboxylic acids is 1. The Hall–Kier alpha value is -0.570. The number of hydrogen-bond acceptors (Lipinski definition) is 3. The third kappa shape index (κ3) is 1.70. The van der Waals surface area contributed by atoms with E-state index in [4.69, 9.17) is 9.47 Å². The minimum atomic E-state index is -0.105. The van der Waals surface area contributed by atoms with Crippen LogP contribution in [-0.2, 0) is 14.3 Å². The van der Waals surface area contributed by atoms with Crippen molar-refractivity contribution >= 4 is 5.97 Å². The van der Waals surface area contributed by atoms with Crippen LogP contribution in [0.3, 0.4) is 0 Å². The van der Waals surface area contributed by atoms with E-state index in [1.54, 1.807) is 7.11 Å². The minimum Gasteiger partial charge on any atom is -0.459 e. The first-order chi connectivity index (χ1) is 6.24. The molecule has 1 saturated heterocycles. The fourth-order valence-electron chi connectivity index (χ4n) is 2.38. The van der Waals surface area contributed by atoms with Gasteiger partial charge in [0.15, 0.2) is 0 Å². The summed E-state index contributed by atoms with van der Waals surface area (Å²) in [6.45, 7) is 0. The zero-order valence-electron chi connectivity index (χ0n) is 8.04. The molecular weight excluding hydrogens is 168 g/mol. The van der Waals surface area contributed by atoms with Crippen LogP contribution in [0.2, 0.25) is 0 Å². The molecule has 0 bridgehead atoms. The van der Waals surface area contributed by atoms with Crippen LogP contribution in [0, 0.1) is 0 Å². The van der Waals surface area contributed by atoms with Crippen LogP contribution in [0.25, 0.3) is 0 Å². The Labute approximate surface area is 78.4 Å². The highest BCUT2D eigenvalue weighted by molar-refractivity contribution is 5.72. The molecule has 0 aromatic rings. The van der Waals surface area contributed by atoms with Crippen molar-refractivity contribution in [2.75, 3.05) is 7.11 Å². The zero-order valence-corrected chi connectivity index (χ0v) is 8.04. The third-order valence-corrected chi connectivity index (χ3v) is 3.29. The predicted molar refractivity (Wildman–Crippen MR) is 47.3 cm³/mol. The molecule has 3 heteroatoms. The Balaban J connectivity index is 1.93. The lowest BCUT2D eigenvalue weighted by Gasteiger charge is -2.35. The van der Waals surface area contributed by atoms with Gasteiger partial charge in [0.25, 0.3) is 0 Å². The zero-order chi connectivity index (χ0) is 9.31. The molecule has 1 saturated carbocycles. The Morgan fingerprint density at radius 2 is 2.08 bits per heavy atom. The Kier molecular flexibility index (Phi) is 2.28. The van der Waals surface area contributed by atoms with E-state index in [9.17, 15) is 4.79 Å². The third-order valence-electron chi connectivity index (χ3n) is 3.29. The topological polar surface area (TPSA) is 35.5 Å². The van der Waals surface area contributed by atoms with Crippen molar-refractivity contribution in [3.63, 3.8) is 0 Å². The molecule has 1 heterocycles. The summed E-state index contributed by atoms with van der Waals surface area (Å²) in [5, 5.41) is 0. The van der Waals surface area contributed by atoms with E-state index < -0.39 is 0 Å². The second-order valence-electron chi connectivity index (χ2n) is 4.09. The molecule has 3 nitrogen and oxygen atoms in total. The van der Waals surface area contributed by atoms with Gasteiger partial charge in [-0.3, -0.25) is 4.79 Å². The van der Waals surface area contributed by atoms with E-state index in [1.165, 1.54) is 0 Å². The molecule has 13 heavy (non-hydrogen) atoms. The summed E-state index contributed by atoms with van der Waals surface area (Å²) < 4.78 is 10.7. The summed E-state index contributed by atoms with van der Waals surface area (Å²) in [4.78, 5) is 11.0. The molecule has 0 aromatic heterocycles. The molecule has 74 valence electrons. The van der Waals surface area contributed by atoms with E-state index in [-0.39, 0.29) is 11.6 Å². The second-order valence-corrected chi connectivity index (χ2v) is 4.09. The number of carbonyl (C=O) groups is 1. The Morgan fingerprint density at radius 3 is 2.54 bits per heavy atom. The number of hydrogen-bond donors (Lipinski definition) is 0. The molecule has 0 atom stereocenters. The quantitative estimate of drug-likeness (QED) is 0.581. The van der Waals surface area contributed by atoms with Crippen LogP contribution in [-0.4, -0.2) is 24.8 Å². The van der Waals surface area contributed by atoms with Crippen molar-refractivity contribution in [3.8, 4) is 0 Å². The molecule has 1 aliphatic carbocycles. The SMILES string of the molecule is COC1CCC2(CCC(=O)O2)CC1. The summed E-state index contributed by atoms with van der Waals surface area (Å²) in [5.41, 5.74) is -0.105. The molecule has 0 amide bonds. The highest BCUT2D eigenvalue weighted by Crippen LogP contribution is 2.40. The van der Waals surface area contributed by atoms with Crippen molar-refractivity contribution in [2.24, 2.45) is 0 Å². The van der Waals surface area contributed by atoms with Gasteiger partial charge in [0.05, 0.1) is 6.10 Å². The summed E-state index contributed by atoms with van der Waals surface area (Å²) in [7, 11) is 1.75. The first-order valence-electron chi connectivity index (χ1n) is 4.99. The molecule has 1 spiro atoms. The fourth-order valence-corrected chi connectivity index (χ4v) is 2.38.